The zero-order valence-corrected chi connectivity index (χ0v) is 13.9. The van der Waals surface area contributed by atoms with Crippen molar-refractivity contribution in [1.82, 2.24) is 15.0 Å². The number of halogens is 1. The molecule has 3 aromatic heterocycles. The third-order valence-corrected chi connectivity index (χ3v) is 4.33. The second-order valence-electron chi connectivity index (χ2n) is 4.93. The van der Waals surface area contributed by atoms with Gasteiger partial charge in [-0.2, -0.15) is 4.98 Å². The number of aromatic nitrogens is 3. The maximum Gasteiger partial charge on any atom is 0.229 e. The zero-order valence-electron chi connectivity index (χ0n) is 12.3. The molecule has 1 N–H and O–H groups in total. The Balaban J connectivity index is 1.55. The van der Waals surface area contributed by atoms with Gasteiger partial charge < -0.3 is 9.14 Å². The summed E-state index contributed by atoms with van der Waals surface area (Å²) in [5.74, 6) is 1.23. The Bertz CT molecular complexity index is 954. The van der Waals surface area contributed by atoms with Gasteiger partial charge in [0.25, 0.3) is 0 Å². The number of hydrogen-bond acceptors (Lipinski definition) is 6. The lowest BCUT2D eigenvalue weighted by molar-refractivity contribution is 0.619. The van der Waals surface area contributed by atoms with E-state index in [9.17, 15) is 0 Å². The molecule has 7 heteroatoms. The molecule has 0 amide bonds. The van der Waals surface area contributed by atoms with Crippen LogP contribution in [0.2, 0.25) is 5.02 Å². The third kappa shape index (κ3) is 3.20. The molecule has 0 saturated carbocycles. The molecule has 4 aromatic rings. The van der Waals surface area contributed by atoms with Gasteiger partial charge in [0.2, 0.25) is 5.89 Å². The van der Waals surface area contributed by atoms with Crippen LogP contribution < -0.4 is 4.72 Å². The van der Waals surface area contributed by atoms with E-state index >= 15 is 0 Å². The highest BCUT2D eigenvalue weighted by Crippen LogP contribution is 2.26. The van der Waals surface area contributed by atoms with Crippen LogP contribution in [0.5, 0.6) is 0 Å². The van der Waals surface area contributed by atoms with E-state index in [1.807, 2.05) is 48.5 Å². The second kappa shape index (κ2) is 6.51. The van der Waals surface area contributed by atoms with Crippen molar-refractivity contribution in [3.05, 3.63) is 65.9 Å². The van der Waals surface area contributed by atoms with E-state index in [-0.39, 0.29) is 0 Å². The molecular weight excluding hydrogens is 344 g/mol. The Morgan fingerprint density at radius 3 is 2.71 bits per heavy atom. The molecule has 24 heavy (non-hydrogen) atoms. The monoisotopic (exact) mass is 354 g/mol. The molecule has 0 atom stereocenters. The van der Waals surface area contributed by atoms with Crippen molar-refractivity contribution in [2.75, 3.05) is 4.72 Å². The van der Waals surface area contributed by atoms with Gasteiger partial charge in [0, 0.05) is 27.9 Å². The average Bonchev–Trinajstić information content (AvgIpc) is 3.06. The maximum atomic E-state index is 5.89. The topological polar surface area (TPSA) is 63.8 Å². The van der Waals surface area contributed by atoms with E-state index in [1.54, 1.807) is 12.4 Å². The minimum Gasteiger partial charge on any atom is -0.434 e. The Morgan fingerprint density at radius 1 is 1.00 bits per heavy atom. The molecule has 4 rings (SSSR count). The quantitative estimate of drug-likeness (QED) is 0.517. The number of anilines is 1. The molecule has 5 nitrogen and oxygen atoms in total. The van der Waals surface area contributed by atoms with Crippen molar-refractivity contribution >= 4 is 40.6 Å². The summed E-state index contributed by atoms with van der Waals surface area (Å²) in [5, 5.41) is 0.712. The van der Waals surface area contributed by atoms with Gasteiger partial charge in [-0.3, -0.25) is 0 Å². The predicted octanol–water partition coefficient (Wildman–Crippen LogP) is 5.06. The first-order valence-electron chi connectivity index (χ1n) is 7.14. The molecule has 0 aliphatic carbocycles. The molecule has 1 aromatic carbocycles. The van der Waals surface area contributed by atoms with Crippen LogP contribution in [0.4, 0.5) is 5.82 Å². The standard InChI is InChI=1S/C17H11ClN4OS/c18-12-3-5-13(6-4-12)24-22-15-10-11(7-9-19-15)17-21-16-14(23-17)2-1-8-20-16/h1-10H,(H,19,22). The maximum absolute atomic E-state index is 5.89. The van der Waals surface area contributed by atoms with Crippen molar-refractivity contribution in [3.63, 3.8) is 0 Å². The largest absolute Gasteiger partial charge is 0.434 e. The van der Waals surface area contributed by atoms with Gasteiger partial charge in [0.1, 0.15) is 5.82 Å². The van der Waals surface area contributed by atoms with Crippen molar-refractivity contribution in [2.24, 2.45) is 0 Å². The van der Waals surface area contributed by atoms with Crippen LogP contribution in [0.3, 0.4) is 0 Å². The van der Waals surface area contributed by atoms with Gasteiger partial charge in [-0.05, 0) is 60.5 Å². The van der Waals surface area contributed by atoms with Gasteiger partial charge in [-0.15, -0.1) is 0 Å². The number of benzene rings is 1. The molecule has 0 aliphatic heterocycles. The molecule has 3 heterocycles. The Labute approximate surface area is 147 Å². The van der Waals surface area contributed by atoms with Gasteiger partial charge in [0.15, 0.2) is 11.2 Å². The highest BCUT2D eigenvalue weighted by Gasteiger charge is 2.09. The van der Waals surface area contributed by atoms with Crippen LogP contribution >= 0.6 is 23.5 Å². The van der Waals surface area contributed by atoms with E-state index in [0.29, 0.717) is 28.0 Å². The van der Waals surface area contributed by atoms with E-state index in [2.05, 4.69) is 19.7 Å². The molecule has 118 valence electrons. The van der Waals surface area contributed by atoms with E-state index in [4.69, 9.17) is 16.0 Å². The molecule has 0 saturated heterocycles. The lowest BCUT2D eigenvalue weighted by atomic mass is 10.2. The molecule has 0 aliphatic rings. The first-order chi connectivity index (χ1) is 11.8. The van der Waals surface area contributed by atoms with Crippen molar-refractivity contribution < 1.29 is 4.42 Å². The second-order valence-corrected chi connectivity index (χ2v) is 6.25. The number of nitrogens with one attached hydrogen (secondary N) is 1. The highest BCUT2D eigenvalue weighted by atomic mass is 35.5. The number of hydrogen-bond donors (Lipinski definition) is 1. The molecule has 0 bridgehead atoms. The zero-order chi connectivity index (χ0) is 16.4. The summed E-state index contributed by atoms with van der Waals surface area (Å²) in [6.45, 7) is 0. The first kappa shape index (κ1) is 15.0. The summed E-state index contributed by atoms with van der Waals surface area (Å²) in [5.41, 5.74) is 2.09. The van der Waals surface area contributed by atoms with Crippen molar-refractivity contribution in [3.8, 4) is 11.5 Å². The minimum atomic E-state index is 0.519. The average molecular weight is 355 g/mol. The molecule has 0 fully saturated rings. The smallest absolute Gasteiger partial charge is 0.229 e. The van der Waals surface area contributed by atoms with Gasteiger partial charge in [-0.1, -0.05) is 11.6 Å². The predicted molar refractivity (Wildman–Crippen MR) is 96.0 cm³/mol. The number of rotatable bonds is 4. The summed E-state index contributed by atoms with van der Waals surface area (Å²) < 4.78 is 8.94. The number of oxazole rings is 1. The molecule has 0 spiro atoms. The van der Waals surface area contributed by atoms with Crippen LogP contribution in [0.15, 0.2) is 70.2 Å². The third-order valence-electron chi connectivity index (χ3n) is 3.26. The fourth-order valence-corrected chi connectivity index (χ4v) is 2.86. The molecule has 0 radical (unpaired) electrons. The summed E-state index contributed by atoms with van der Waals surface area (Å²) in [6, 6.07) is 15.0. The lowest BCUT2D eigenvalue weighted by Gasteiger charge is -2.05. The van der Waals surface area contributed by atoms with Gasteiger partial charge in [-0.25, -0.2) is 9.97 Å². The van der Waals surface area contributed by atoms with Crippen LogP contribution in [-0.4, -0.2) is 15.0 Å². The van der Waals surface area contributed by atoms with Crippen molar-refractivity contribution in [2.45, 2.75) is 4.90 Å². The molecular formula is C17H11ClN4OS. The highest BCUT2D eigenvalue weighted by molar-refractivity contribution is 8.00. The number of nitrogens with zero attached hydrogens (tertiary/aromatic N) is 3. The summed E-state index contributed by atoms with van der Waals surface area (Å²) in [4.78, 5) is 13.9. The van der Waals surface area contributed by atoms with Crippen LogP contribution in [0.1, 0.15) is 0 Å². The fourth-order valence-electron chi connectivity index (χ4n) is 2.13. The van der Waals surface area contributed by atoms with E-state index < -0.39 is 0 Å². The van der Waals surface area contributed by atoms with Crippen LogP contribution in [0.25, 0.3) is 22.7 Å². The van der Waals surface area contributed by atoms with E-state index in [0.717, 1.165) is 10.5 Å². The van der Waals surface area contributed by atoms with Gasteiger partial charge >= 0.3 is 0 Å². The Hall–Kier alpha value is -2.57. The lowest BCUT2D eigenvalue weighted by Crippen LogP contribution is -1.91. The van der Waals surface area contributed by atoms with Crippen LogP contribution in [0, 0.1) is 0 Å². The summed E-state index contributed by atoms with van der Waals surface area (Å²) in [6.07, 6.45) is 3.40. The van der Waals surface area contributed by atoms with Gasteiger partial charge in [0.05, 0.1) is 0 Å². The first-order valence-corrected chi connectivity index (χ1v) is 8.34. The summed E-state index contributed by atoms with van der Waals surface area (Å²) in [7, 11) is 0. The Kier molecular flexibility index (Phi) is 4.06. The van der Waals surface area contributed by atoms with Crippen molar-refractivity contribution in [1.29, 1.82) is 0 Å². The summed E-state index contributed by atoms with van der Waals surface area (Å²) >= 11 is 7.34. The number of pyridine rings is 2. The van der Waals surface area contributed by atoms with Crippen LogP contribution in [-0.2, 0) is 0 Å². The number of fused-ring (bicyclic) bond motifs is 1. The van der Waals surface area contributed by atoms with E-state index in [1.165, 1.54) is 11.9 Å². The Morgan fingerprint density at radius 2 is 1.88 bits per heavy atom. The molecule has 0 unspecified atom stereocenters. The minimum absolute atomic E-state index is 0.519. The normalized spacial score (nSPS) is 10.9. The fraction of sp³-hybridized carbons (Fsp3) is 0. The SMILES string of the molecule is Clc1ccc(SNc2cc(-c3nc4ncccc4o3)ccn2)cc1.